The first kappa shape index (κ1) is 17.5. The van der Waals surface area contributed by atoms with E-state index in [9.17, 15) is 10.1 Å². The molecule has 3 rings (SSSR count). The van der Waals surface area contributed by atoms with Gasteiger partial charge in [-0.05, 0) is 35.7 Å². The lowest BCUT2D eigenvalue weighted by Gasteiger charge is -2.01. The van der Waals surface area contributed by atoms with Crippen LogP contribution in [0.15, 0.2) is 57.8 Å². The highest BCUT2D eigenvalue weighted by Crippen LogP contribution is 2.30. The van der Waals surface area contributed by atoms with Crippen LogP contribution in [0.2, 0.25) is 5.02 Å². The summed E-state index contributed by atoms with van der Waals surface area (Å²) in [6.07, 6.45) is 1.34. The van der Waals surface area contributed by atoms with Crippen molar-refractivity contribution in [3.05, 3.63) is 69.8 Å². The zero-order valence-corrected chi connectivity index (χ0v) is 14.8. The Morgan fingerprint density at radius 1 is 1.19 bits per heavy atom. The Balaban J connectivity index is 1.84. The third-order valence-electron chi connectivity index (χ3n) is 3.43. The van der Waals surface area contributed by atoms with E-state index in [1.807, 2.05) is 30.3 Å². The average molecular weight is 380 g/mol. The highest BCUT2D eigenvalue weighted by molar-refractivity contribution is 7.14. The summed E-state index contributed by atoms with van der Waals surface area (Å²) in [5.74, 6) is 0.269. The summed E-state index contributed by atoms with van der Waals surface area (Å²) in [5.41, 5.74) is 0.927. The quantitative estimate of drug-likeness (QED) is 0.505. The minimum atomic E-state index is -0.609. The van der Waals surface area contributed by atoms with Gasteiger partial charge in [0.05, 0.1) is 10.6 Å². The highest BCUT2D eigenvalue weighted by atomic mass is 35.5. The summed E-state index contributed by atoms with van der Waals surface area (Å²) in [6, 6.07) is 16.0. The first-order chi connectivity index (χ1) is 12.6. The Kier molecular flexibility index (Phi) is 5.19. The number of rotatable bonds is 4. The molecular weight excluding hydrogens is 370 g/mol. The molecule has 0 radical (unpaired) electrons. The molecule has 0 fully saturated rings. The van der Waals surface area contributed by atoms with Gasteiger partial charge in [-0.2, -0.15) is 10.5 Å². The first-order valence-corrected chi connectivity index (χ1v) is 8.63. The van der Waals surface area contributed by atoms with Crippen molar-refractivity contribution in [2.45, 2.75) is 0 Å². The Morgan fingerprint density at radius 2 is 2.00 bits per heavy atom. The van der Waals surface area contributed by atoms with Crippen LogP contribution in [-0.2, 0) is 4.79 Å². The maximum atomic E-state index is 12.3. The van der Waals surface area contributed by atoms with Crippen molar-refractivity contribution < 1.29 is 9.21 Å². The fourth-order valence-electron chi connectivity index (χ4n) is 2.19. The van der Waals surface area contributed by atoms with E-state index in [0.29, 0.717) is 32.7 Å². The number of carbonyl (C=O) groups excluding carboxylic acids is 1. The van der Waals surface area contributed by atoms with Crippen molar-refractivity contribution in [2.24, 2.45) is 0 Å². The van der Waals surface area contributed by atoms with Crippen molar-refractivity contribution in [3.8, 4) is 23.5 Å². The van der Waals surface area contributed by atoms with E-state index >= 15 is 0 Å². The number of nitriles is 2. The largest absolute Gasteiger partial charge is 0.457 e. The van der Waals surface area contributed by atoms with Crippen LogP contribution >= 0.6 is 22.9 Å². The molecule has 26 heavy (non-hydrogen) atoms. The predicted octanol–water partition coefficient (Wildman–Crippen LogP) is 5.08. The number of hydrogen-bond acceptors (Lipinski definition) is 5. The standard InChI is InChI=1S/C19H10ClN3O2S/c20-16-4-2-1-3-15(16)17-6-5-14(25-17)9-13(11-22)18(24)23-19-12(10-21)7-8-26-19/h1-9H,(H,23,24)/b13-9+. The van der Waals surface area contributed by atoms with Gasteiger partial charge < -0.3 is 9.73 Å². The molecule has 0 spiro atoms. The molecule has 7 heteroatoms. The summed E-state index contributed by atoms with van der Waals surface area (Å²) in [7, 11) is 0. The molecule has 0 unspecified atom stereocenters. The lowest BCUT2D eigenvalue weighted by molar-refractivity contribution is -0.112. The van der Waals surface area contributed by atoms with E-state index in [2.05, 4.69) is 5.32 Å². The van der Waals surface area contributed by atoms with Crippen LogP contribution in [0.1, 0.15) is 11.3 Å². The Morgan fingerprint density at radius 3 is 2.73 bits per heavy atom. The van der Waals surface area contributed by atoms with Gasteiger partial charge in [0.15, 0.2) is 0 Å². The van der Waals surface area contributed by atoms with Gasteiger partial charge in [0, 0.05) is 11.6 Å². The Bertz CT molecular complexity index is 1080. The molecule has 3 aromatic rings. The van der Waals surface area contributed by atoms with Gasteiger partial charge in [-0.25, -0.2) is 0 Å². The van der Waals surface area contributed by atoms with Crippen LogP contribution in [0.25, 0.3) is 17.4 Å². The van der Waals surface area contributed by atoms with Gasteiger partial charge in [-0.1, -0.05) is 23.7 Å². The molecule has 1 amide bonds. The van der Waals surface area contributed by atoms with Crippen LogP contribution in [0.5, 0.6) is 0 Å². The number of benzene rings is 1. The van der Waals surface area contributed by atoms with Gasteiger partial charge in [-0.15, -0.1) is 11.3 Å². The average Bonchev–Trinajstić information content (AvgIpc) is 3.29. The minimum absolute atomic E-state index is 0.137. The number of halogens is 1. The first-order valence-electron chi connectivity index (χ1n) is 7.38. The van der Waals surface area contributed by atoms with Crippen molar-refractivity contribution in [1.29, 1.82) is 10.5 Å². The van der Waals surface area contributed by atoms with E-state index < -0.39 is 5.91 Å². The highest BCUT2D eigenvalue weighted by Gasteiger charge is 2.14. The lowest BCUT2D eigenvalue weighted by atomic mass is 10.2. The van der Waals surface area contributed by atoms with Crippen LogP contribution in [-0.4, -0.2) is 5.91 Å². The van der Waals surface area contributed by atoms with Gasteiger partial charge in [0.2, 0.25) is 0 Å². The minimum Gasteiger partial charge on any atom is -0.457 e. The fourth-order valence-corrected chi connectivity index (χ4v) is 3.15. The van der Waals surface area contributed by atoms with Crippen LogP contribution in [0, 0.1) is 22.7 Å². The van der Waals surface area contributed by atoms with E-state index in [1.54, 1.807) is 29.6 Å². The summed E-state index contributed by atoms with van der Waals surface area (Å²) in [6.45, 7) is 0. The zero-order chi connectivity index (χ0) is 18.5. The molecule has 0 aliphatic heterocycles. The number of nitrogens with one attached hydrogen (secondary N) is 1. The Labute approximate surface area is 158 Å². The lowest BCUT2D eigenvalue weighted by Crippen LogP contribution is -2.13. The molecule has 1 N–H and O–H groups in total. The van der Waals surface area contributed by atoms with Gasteiger partial charge in [-0.3, -0.25) is 4.79 Å². The van der Waals surface area contributed by atoms with Gasteiger partial charge >= 0.3 is 0 Å². The van der Waals surface area contributed by atoms with Crippen molar-refractivity contribution in [1.82, 2.24) is 0 Å². The molecular formula is C19H10ClN3O2S. The van der Waals surface area contributed by atoms with Crippen molar-refractivity contribution >= 4 is 39.9 Å². The van der Waals surface area contributed by atoms with E-state index in [-0.39, 0.29) is 5.57 Å². The second-order valence-corrected chi connectivity index (χ2v) is 6.40. The second kappa shape index (κ2) is 7.71. The number of furan rings is 1. The number of hydrogen-bond donors (Lipinski definition) is 1. The zero-order valence-electron chi connectivity index (χ0n) is 13.2. The maximum absolute atomic E-state index is 12.3. The second-order valence-electron chi connectivity index (χ2n) is 5.08. The number of thiophene rings is 1. The summed E-state index contributed by atoms with van der Waals surface area (Å²) < 4.78 is 5.67. The van der Waals surface area contributed by atoms with Crippen molar-refractivity contribution in [3.63, 3.8) is 0 Å². The monoisotopic (exact) mass is 379 g/mol. The van der Waals surface area contributed by atoms with Gasteiger partial charge in [0.25, 0.3) is 5.91 Å². The SMILES string of the molecule is N#C/C(=C\c1ccc(-c2ccccc2Cl)o1)C(=O)Nc1sccc1C#N. The topological polar surface area (TPSA) is 89.8 Å². The molecule has 0 aliphatic rings. The van der Waals surface area contributed by atoms with E-state index in [1.165, 1.54) is 17.4 Å². The number of nitrogens with zero attached hydrogens (tertiary/aromatic N) is 2. The predicted molar refractivity (Wildman–Crippen MR) is 100 cm³/mol. The third kappa shape index (κ3) is 3.68. The maximum Gasteiger partial charge on any atom is 0.267 e. The molecule has 2 aromatic heterocycles. The van der Waals surface area contributed by atoms with Crippen LogP contribution in [0.4, 0.5) is 5.00 Å². The van der Waals surface area contributed by atoms with Crippen LogP contribution < -0.4 is 5.32 Å². The van der Waals surface area contributed by atoms with Crippen LogP contribution in [0.3, 0.4) is 0 Å². The van der Waals surface area contributed by atoms with Gasteiger partial charge in [0.1, 0.15) is 34.2 Å². The molecule has 0 bridgehead atoms. The third-order valence-corrected chi connectivity index (χ3v) is 4.59. The number of carbonyl (C=O) groups is 1. The van der Waals surface area contributed by atoms with Crippen molar-refractivity contribution in [2.75, 3.05) is 5.32 Å². The molecule has 0 atom stereocenters. The molecule has 0 saturated carbocycles. The molecule has 126 valence electrons. The molecule has 1 aromatic carbocycles. The number of anilines is 1. The molecule has 0 saturated heterocycles. The molecule has 2 heterocycles. The fraction of sp³-hybridized carbons (Fsp3) is 0. The summed E-state index contributed by atoms with van der Waals surface area (Å²) >= 11 is 7.35. The normalized spacial score (nSPS) is 10.8. The molecule has 5 nitrogen and oxygen atoms in total. The number of amides is 1. The summed E-state index contributed by atoms with van der Waals surface area (Å²) in [5, 5.41) is 23.4. The molecule has 0 aliphatic carbocycles. The Hall–Kier alpha value is -3.32. The van der Waals surface area contributed by atoms with E-state index in [4.69, 9.17) is 21.3 Å². The smallest absolute Gasteiger partial charge is 0.267 e. The van der Waals surface area contributed by atoms with E-state index in [0.717, 1.165) is 0 Å². The summed E-state index contributed by atoms with van der Waals surface area (Å²) in [4.78, 5) is 12.3.